The van der Waals surface area contributed by atoms with Crippen molar-refractivity contribution >= 4 is 17.7 Å². The van der Waals surface area contributed by atoms with Gasteiger partial charge in [-0.25, -0.2) is 0 Å². The summed E-state index contributed by atoms with van der Waals surface area (Å²) < 4.78 is 7.03. The molecule has 0 radical (unpaired) electrons. The number of carbonyl (C=O) groups excluding carboxylic acids is 1. The fourth-order valence-corrected chi connectivity index (χ4v) is 3.37. The van der Waals surface area contributed by atoms with Gasteiger partial charge in [-0.1, -0.05) is 18.7 Å². The molecule has 0 saturated carbocycles. The molecule has 1 aromatic heterocycles. The highest BCUT2D eigenvalue weighted by atomic mass is 32.2. The third-order valence-electron chi connectivity index (χ3n) is 3.66. The van der Waals surface area contributed by atoms with Crippen LogP contribution in [0.4, 0.5) is 0 Å². The molecule has 0 spiro atoms. The average Bonchev–Trinajstić information content (AvgIpc) is 2.92. The highest BCUT2D eigenvalue weighted by molar-refractivity contribution is 7.99. The van der Waals surface area contributed by atoms with Crippen molar-refractivity contribution in [3.8, 4) is 0 Å². The zero-order valence-electron chi connectivity index (χ0n) is 12.8. The van der Waals surface area contributed by atoms with Gasteiger partial charge in [-0.3, -0.25) is 4.79 Å². The standard InChI is InChI=1S/C14H24N4O2S/c1-12-5-3-6-17(9-12)13(19)10-21-14-16-15-11-18(14)7-4-8-20-2/h11-12H,3-10H2,1-2H3. The summed E-state index contributed by atoms with van der Waals surface area (Å²) in [6.45, 7) is 5.52. The summed E-state index contributed by atoms with van der Waals surface area (Å²) >= 11 is 1.47. The van der Waals surface area contributed by atoms with Gasteiger partial charge >= 0.3 is 0 Å². The summed E-state index contributed by atoms with van der Waals surface area (Å²) in [4.78, 5) is 14.2. The van der Waals surface area contributed by atoms with Crippen LogP contribution in [0.5, 0.6) is 0 Å². The lowest BCUT2D eigenvalue weighted by Crippen LogP contribution is -2.40. The number of rotatable bonds is 7. The number of aryl methyl sites for hydroxylation is 1. The molecule has 1 fully saturated rings. The summed E-state index contributed by atoms with van der Waals surface area (Å²) in [5.41, 5.74) is 0. The van der Waals surface area contributed by atoms with E-state index in [9.17, 15) is 4.79 Å². The van der Waals surface area contributed by atoms with Gasteiger partial charge in [-0.2, -0.15) is 0 Å². The van der Waals surface area contributed by atoms with Crippen LogP contribution in [0.3, 0.4) is 0 Å². The van der Waals surface area contributed by atoms with Crippen LogP contribution in [0, 0.1) is 5.92 Å². The number of likely N-dealkylation sites (tertiary alicyclic amines) is 1. The molecule has 2 rings (SSSR count). The molecule has 118 valence electrons. The molecule has 1 aliphatic rings. The van der Waals surface area contributed by atoms with Gasteiger partial charge in [0.05, 0.1) is 5.75 Å². The van der Waals surface area contributed by atoms with E-state index in [2.05, 4.69) is 17.1 Å². The quantitative estimate of drug-likeness (QED) is 0.566. The second-order valence-electron chi connectivity index (χ2n) is 5.53. The Labute approximate surface area is 130 Å². The molecule has 0 aromatic carbocycles. The van der Waals surface area contributed by atoms with E-state index < -0.39 is 0 Å². The minimum absolute atomic E-state index is 0.206. The lowest BCUT2D eigenvalue weighted by atomic mass is 10.0. The molecule has 6 nitrogen and oxygen atoms in total. The number of carbonyl (C=O) groups is 1. The smallest absolute Gasteiger partial charge is 0.233 e. The van der Waals surface area contributed by atoms with E-state index in [1.165, 1.54) is 18.2 Å². The highest BCUT2D eigenvalue weighted by Gasteiger charge is 2.21. The van der Waals surface area contributed by atoms with E-state index in [0.29, 0.717) is 18.3 Å². The first-order chi connectivity index (χ1) is 10.2. The Morgan fingerprint density at radius 3 is 3.19 bits per heavy atom. The van der Waals surface area contributed by atoms with Crippen molar-refractivity contribution in [3.63, 3.8) is 0 Å². The maximum atomic E-state index is 12.2. The minimum atomic E-state index is 0.206. The molecule has 1 aliphatic heterocycles. The third-order valence-corrected chi connectivity index (χ3v) is 4.63. The van der Waals surface area contributed by atoms with Gasteiger partial charge in [-0.15, -0.1) is 10.2 Å². The van der Waals surface area contributed by atoms with Gasteiger partial charge in [0, 0.05) is 33.4 Å². The van der Waals surface area contributed by atoms with Gasteiger partial charge in [0.2, 0.25) is 5.91 Å². The van der Waals surface area contributed by atoms with Crippen LogP contribution in [0.2, 0.25) is 0 Å². The lowest BCUT2D eigenvalue weighted by molar-refractivity contribution is -0.130. The first-order valence-corrected chi connectivity index (χ1v) is 8.46. The number of hydrogen-bond donors (Lipinski definition) is 0. The molecule has 0 N–H and O–H groups in total. The molecule has 1 saturated heterocycles. The van der Waals surface area contributed by atoms with Gasteiger partial charge in [-0.05, 0) is 25.2 Å². The van der Waals surface area contributed by atoms with Crippen molar-refractivity contribution in [3.05, 3.63) is 6.33 Å². The number of ether oxygens (including phenoxy) is 1. The Bertz CT molecular complexity index is 452. The first-order valence-electron chi connectivity index (χ1n) is 7.48. The lowest BCUT2D eigenvalue weighted by Gasteiger charge is -2.30. The highest BCUT2D eigenvalue weighted by Crippen LogP contribution is 2.19. The topological polar surface area (TPSA) is 60.2 Å². The van der Waals surface area contributed by atoms with Gasteiger partial charge in [0.25, 0.3) is 0 Å². The van der Waals surface area contributed by atoms with E-state index in [-0.39, 0.29) is 5.91 Å². The van der Waals surface area contributed by atoms with Gasteiger partial charge in [0.1, 0.15) is 6.33 Å². The molecule has 1 aromatic rings. The van der Waals surface area contributed by atoms with E-state index in [0.717, 1.165) is 37.6 Å². The molecule has 1 amide bonds. The summed E-state index contributed by atoms with van der Waals surface area (Å²) in [5.74, 6) is 1.26. The van der Waals surface area contributed by atoms with Crippen molar-refractivity contribution in [2.24, 2.45) is 5.92 Å². The van der Waals surface area contributed by atoms with Crippen molar-refractivity contribution in [2.45, 2.75) is 37.9 Å². The number of piperidine rings is 1. The van der Waals surface area contributed by atoms with E-state index in [4.69, 9.17) is 4.74 Å². The molecule has 21 heavy (non-hydrogen) atoms. The third kappa shape index (κ3) is 5.00. The summed E-state index contributed by atoms with van der Waals surface area (Å²) in [6.07, 6.45) is 4.97. The second-order valence-corrected chi connectivity index (χ2v) is 6.47. The zero-order chi connectivity index (χ0) is 15.1. The molecule has 7 heteroatoms. The molecule has 1 unspecified atom stereocenters. The molecular weight excluding hydrogens is 288 g/mol. The Morgan fingerprint density at radius 1 is 1.57 bits per heavy atom. The monoisotopic (exact) mass is 312 g/mol. The van der Waals surface area contributed by atoms with Crippen molar-refractivity contribution < 1.29 is 9.53 Å². The van der Waals surface area contributed by atoms with E-state index in [1.54, 1.807) is 13.4 Å². The largest absolute Gasteiger partial charge is 0.385 e. The second kappa shape index (κ2) is 8.38. The van der Waals surface area contributed by atoms with Crippen LogP contribution < -0.4 is 0 Å². The van der Waals surface area contributed by atoms with Gasteiger partial charge < -0.3 is 14.2 Å². The summed E-state index contributed by atoms with van der Waals surface area (Å²) in [5, 5.41) is 8.83. The molecule has 2 heterocycles. The Kier molecular flexibility index (Phi) is 6.50. The van der Waals surface area contributed by atoms with Gasteiger partial charge in [0.15, 0.2) is 5.16 Å². The fraction of sp³-hybridized carbons (Fsp3) is 0.786. The maximum Gasteiger partial charge on any atom is 0.233 e. The normalized spacial score (nSPS) is 19.0. The van der Waals surface area contributed by atoms with Crippen molar-refractivity contribution in [1.82, 2.24) is 19.7 Å². The van der Waals surface area contributed by atoms with Crippen LogP contribution in [-0.2, 0) is 16.1 Å². The number of aromatic nitrogens is 3. The van der Waals surface area contributed by atoms with Crippen LogP contribution in [0.1, 0.15) is 26.2 Å². The van der Waals surface area contributed by atoms with E-state index in [1.807, 2.05) is 9.47 Å². The summed E-state index contributed by atoms with van der Waals surface area (Å²) in [6, 6.07) is 0. The predicted octanol–water partition coefficient (Wildman–Crippen LogP) is 1.67. The zero-order valence-corrected chi connectivity index (χ0v) is 13.6. The molecular formula is C14H24N4O2S. The SMILES string of the molecule is COCCCn1cnnc1SCC(=O)N1CCCC(C)C1. The molecule has 0 bridgehead atoms. The number of amides is 1. The maximum absolute atomic E-state index is 12.2. The number of nitrogens with zero attached hydrogens (tertiary/aromatic N) is 4. The van der Waals surface area contributed by atoms with Crippen LogP contribution in [0.15, 0.2) is 11.5 Å². The summed E-state index contributed by atoms with van der Waals surface area (Å²) in [7, 11) is 1.69. The molecule has 0 aliphatic carbocycles. The number of thioether (sulfide) groups is 1. The average molecular weight is 312 g/mol. The Morgan fingerprint density at radius 2 is 2.43 bits per heavy atom. The van der Waals surface area contributed by atoms with E-state index >= 15 is 0 Å². The number of hydrogen-bond acceptors (Lipinski definition) is 5. The number of methoxy groups -OCH3 is 1. The fourth-order valence-electron chi connectivity index (χ4n) is 2.52. The first kappa shape index (κ1) is 16.3. The van der Waals surface area contributed by atoms with Crippen molar-refractivity contribution in [1.29, 1.82) is 0 Å². The Balaban J connectivity index is 1.79. The van der Waals surface area contributed by atoms with Crippen molar-refractivity contribution in [2.75, 3.05) is 32.6 Å². The van der Waals surface area contributed by atoms with Crippen LogP contribution in [-0.4, -0.2) is 58.1 Å². The van der Waals surface area contributed by atoms with Crippen LogP contribution in [0.25, 0.3) is 0 Å². The van der Waals surface area contributed by atoms with Crippen LogP contribution >= 0.6 is 11.8 Å². The predicted molar refractivity (Wildman–Crippen MR) is 82.2 cm³/mol. The minimum Gasteiger partial charge on any atom is -0.385 e. The molecule has 1 atom stereocenters. The Hall–Kier alpha value is -1.08.